The average molecular weight is 469 g/mol. The van der Waals surface area contributed by atoms with Crippen LogP contribution >= 0.6 is 11.8 Å². The highest BCUT2D eigenvalue weighted by Crippen LogP contribution is 2.33. The number of nitrogens with one attached hydrogen (secondary N) is 2. The van der Waals surface area contributed by atoms with Gasteiger partial charge >= 0.3 is 5.97 Å². The summed E-state index contributed by atoms with van der Waals surface area (Å²) in [6, 6.07) is 24.7. The van der Waals surface area contributed by atoms with Crippen molar-refractivity contribution in [3.8, 4) is 22.5 Å². The van der Waals surface area contributed by atoms with Crippen LogP contribution in [-0.2, 0) is 10.5 Å². The normalized spacial score (nSPS) is 11.0. The minimum atomic E-state index is -0.475. The van der Waals surface area contributed by atoms with Crippen molar-refractivity contribution in [2.24, 2.45) is 0 Å². The molecule has 0 spiro atoms. The maximum atomic E-state index is 12.5. The fourth-order valence-electron chi connectivity index (χ4n) is 3.68. The van der Waals surface area contributed by atoms with Gasteiger partial charge in [0.1, 0.15) is 5.82 Å². The standard InChI is InChI=1S/C26H20N4O3S/c1-33-25(32)18-12-13-19-20(14-18)27-21(28-24(19)31)15-34-26-29-22(16-8-4-2-5-9-16)23(30-26)17-10-6-3-7-11-17/h2-14H,15H2,1H3,(H,29,30)(H,27,28,31). The van der Waals surface area contributed by atoms with E-state index >= 15 is 0 Å². The van der Waals surface area contributed by atoms with Gasteiger partial charge in [-0.3, -0.25) is 4.79 Å². The summed E-state index contributed by atoms with van der Waals surface area (Å²) in [7, 11) is 1.32. The number of esters is 1. The van der Waals surface area contributed by atoms with E-state index in [2.05, 4.69) is 15.0 Å². The number of aromatic nitrogens is 4. The Labute approximate surface area is 199 Å². The van der Waals surface area contributed by atoms with Crippen molar-refractivity contribution in [1.29, 1.82) is 0 Å². The molecule has 0 bridgehead atoms. The van der Waals surface area contributed by atoms with Gasteiger partial charge in [0.2, 0.25) is 0 Å². The van der Waals surface area contributed by atoms with E-state index in [1.54, 1.807) is 18.2 Å². The van der Waals surface area contributed by atoms with Gasteiger partial charge in [0.25, 0.3) is 5.56 Å². The molecule has 3 aromatic carbocycles. The Morgan fingerprint density at radius 2 is 1.62 bits per heavy atom. The number of methoxy groups -OCH3 is 1. The van der Waals surface area contributed by atoms with E-state index in [4.69, 9.17) is 9.72 Å². The second-order valence-corrected chi connectivity index (χ2v) is 8.49. The SMILES string of the molecule is COC(=O)c1ccc2c(=O)[nH]c(CSc3nc(-c4ccccc4)c(-c4ccccc4)[nH]3)nc2c1. The molecule has 168 valence electrons. The predicted octanol–water partition coefficient (Wildman–Crippen LogP) is 5.06. The zero-order valence-electron chi connectivity index (χ0n) is 18.2. The van der Waals surface area contributed by atoms with Gasteiger partial charge in [-0.15, -0.1) is 0 Å². The molecule has 0 saturated carbocycles. The zero-order valence-corrected chi connectivity index (χ0v) is 19.1. The van der Waals surface area contributed by atoms with Crippen molar-refractivity contribution in [2.75, 3.05) is 7.11 Å². The van der Waals surface area contributed by atoms with Crippen LogP contribution in [0.1, 0.15) is 16.2 Å². The Hall–Kier alpha value is -4.17. The molecule has 5 aromatic rings. The molecule has 0 aliphatic carbocycles. The van der Waals surface area contributed by atoms with Crippen LogP contribution in [0.25, 0.3) is 33.4 Å². The van der Waals surface area contributed by atoms with Crippen molar-refractivity contribution in [3.05, 3.63) is 101 Å². The van der Waals surface area contributed by atoms with Crippen LogP contribution in [0.4, 0.5) is 0 Å². The lowest BCUT2D eigenvalue weighted by atomic mass is 10.1. The number of ether oxygens (including phenoxy) is 1. The third kappa shape index (κ3) is 4.35. The second-order valence-electron chi connectivity index (χ2n) is 7.52. The van der Waals surface area contributed by atoms with E-state index in [0.717, 1.165) is 22.5 Å². The molecule has 0 radical (unpaired) electrons. The number of fused-ring (bicyclic) bond motifs is 1. The largest absolute Gasteiger partial charge is 0.465 e. The monoisotopic (exact) mass is 468 g/mol. The Balaban J connectivity index is 1.46. The van der Waals surface area contributed by atoms with Gasteiger partial charge in [-0.05, 0) is 18.2 Å². The van der Waals surface area contributed by atoms with E-state index < -0.39 is 5.97 Å². The molecule has 0 atom stereocenters. The lowest BCUT2D eigenvalue weighted by molar-refractivity contribution is 0.0601. The summed E-state index contributed by atoms with van der Waals surface area (Å²) in [5.41, 5.74) is 4.36. The highest BCUT2D eigenvalue weighted by atomic mass is 32.2. The number of carbonyl (C=O) groups is 1. The van der Waals surface area contributed by atoms with Gasteiger partial charge in [-0.25, -0.2) is 14.8 Å². The fourth-order valence-corrected chi connectivity index (χ4v) is 4.42. The number of hydrogen-bond acceptors (Lipinski definition) is 6. The third-order valence-electron chi connectivity index (χ3n) is 5.31. The summed E-state index contributed by atoms with van der Waals surface area (Å²) in [5.74, 6) is 0.407. The molecule has 5 rings (SSSR count). The van der Waals surface area contributed by atoms with E-state index in [0.29, 0.717) is 33.2 Å². The summed E-state index contributed by atoms with van der Waals surface area (Å²) in [4.78, 5) is 40.0. The van der Waals surface area contributed by atoms with Crippen molar-refractivity contribution < 1.29 is 9.53 Å². The van der Waals surface area contributed by atoms with Crippen molar-refractivity contribution in [2.45, 2.75) is 10.9 Å². The maximum absolute atomic E-state index is 12.5. The van der Waals surface area contributed by atoms with Gasteiger partial charge in [0.05, 0.1) is 40.7 Å². The van der Waals surface area contributed by atoms with Crippen molar-refractivity contribution >= 4 is 28.6 Å². The lowest BCUT2D eigenvalue weighted by Gasteiger charge is -2.04. The molecule has 0 unspecified atom stereocenters. The molecule has 2 heterocycles. The first-order valence-electron chi connectivity index (χ1n) is 10.6. The van der Waals surface area contributed by atoms with E-state index in [1.165, 1.54) is 18.9 Å². The molecule has 0 aliphatic heterocycles. The Bertz CT molecular complexity index is 1470. The van der Waals surface area contributed by atoms with Gasteiger partial charge < -0.3 is 14.7 Å². The molecule has 2 N–H and O–H groups in total. The smallest absolute Gasteiger partial charge is 0.337 e. The fraction of sp³-hybridized carbons (Fsp3) is 0.0769. The van der Waals surface area contributed by atoms with Crippen LogP contribution in [0.3, 0.4) is 0 Å². The van der Waals surface area contributed by atoms with Crippen LogP contribution in [-0.4, -0.2) is 33.0 Å². The first-order valence-corrected chi connectivity index (χ1v) is 11.6. The Morgan fingerprint density at radius 1 is 0.912 bits per heavy atom. The Morgan fingerprint density at radius 3 is 2.32 bits per heavy atom. The van der Waals surface area contributed by atoms with Crippen molar-refractivity contribution in [3.63, 3.8) is 0 Å². The number of thioether (sulfide) groups is 1. The van der Waals surface area contributed by atoms with Gasteiger partial charge in [-0.1, -0.05) is 72.4 Å². The van der Waals surface area contributed by atoms with E-state index in [1.807, 2.05) is 60.7 Å². The van der Waals surface area contributed by atoms with Crippen molar-refractivity contribution in [1.82, 2.24) is 19.9 Å². The Kier molecular flexibility index (Phi) is 5.97. The van der Waals surface area contributed by atoms with Gasteiger partial charge in [0, 0.05) is 11.1 Å². The summed E-state index contributed by atoms with van der Waals surface area (Å²) in [5, 5.41) is 1.13. The molecule has 0 amide bonds. The van der Waals surface area contributed by atoms with Gasteiger partial charge in [0.15, 0.2) is 5.16 Å². The summed E-state index contributed by atoms with van der Waals surface area (Å²) >= 11 is 1.44. The molecule has 8 heteroatoms. The second kappa shape index (κ2) is 9.36. The average Bonchev–Trinajstić information content (AvgIpc) is 3.32. The number of H-pyrrole nitrogens is 2. The number of hydrogen-bond donors (Lipinski definition) is 2. The third-order valence-corrected chi connectivity index (χ3v) is 6.20. The number of carbonyl (C=O) groups excluding carboxylic acids is 1. The number of aromatic amines is 2. The minimum Gasteiger partial charge on any atom is -0.465 e. The number of imidazole rings is 1. The first kappa shape index (κ1) is 21.7. The molecular formula is C26H20N4O3S. The zero-order chi connectivity index (χ0) is 23.5. The lowest BCUT2D eigenvalue weighted by Crippen LogP contribution is -2.12. The maximum Gasteiger partial charge on any atom is 0.337 e. The van der Waals surface area contributed by atoms with Crippen LogP contribution in [0.2, 0.25) is 0 Å². The van der Waals surface area contributed by atoms with Crippen LogP contribution in [0, 0.1) is 0 Å². The topological polar surface area (TPSA) is 101 Å². The first-order chi connectivity index (χ1) is 16.6. The molecular weight excluding hydrogens is 448 g/mol. The number of rotatable bonds is 6. The molecule has 0 saturated heterocycles. The van der Waals surface area contributed by atoms with Crippen LogP contribution in [0.15, 0.2) is 88.8 Å². The predicted molar refractivity (Wildman–Crippen MR) is 133 cm³/mol. The molecule has 7 nitrogen and oxygen atoms in total. The number of benzene rings is 3. The van der Waals surface area contributed by atoms with Gasteiger partial charge in [-0.2, -0.15) is 0 Å². The molecule has 34 heavy (non-hydrogen) atoms. The number of nitrogens with zero attached hydrogens (tertiary/aromatic N) is 2. The highest BCUT2D eigenvalue weighted by Gasteiger charge is 2.15. The summed E-state index contributed by atoms with van der Waals surface area (Å²) in [6.07, 6.45) is 0. The van der Waals surface area contributed by atoms with Crippen LogP contribution < -0.4 is 5.56 Å². The quantitative estimate of drug-likeness (QED) is 0.267. The minimum absolute atomic E-state index is 0.258. The highest BCUT2D eigenvalue weighted by molar-refractivity contribution is 7.98. The molecule has 0 fully saturated rings. The summed E-state index contributed by atoms with van der Waals surface area (Å²) < 4.78 is 4.77. The summed E-state index contributed by atoms with van der Waals surface area (Å²) in [6.45, 7) is 0. The molecule has 2 aromatic heterocycles. The van der Waals surface area contributed by atoms with E-state index in [-0.39, 0.29) is 5.56 Å². The molecule has 0 aliphatic rings. The van der Waals surface area contributed by atoms with E-state index in [9.17, 15) is 9.59 Å². The van der Waals surface area contributed by atoms with Crippen LogP contribution in [0.5, 0.6) is 0 Å².